The van der Waals surface area contributed by atoms with Crippen LogP contribution in [0, 0.1) is 0 Å². The molecule has 2 aromatic heterocycles. The zero-order valence-corrected chi connectivity index (χ0v) is 11.9. The van der Waals surface area contributed by atoms with Crippen LogP contribution in [0.15, 0.2) is 29.5 Å². The smallest absolute Gasteiger partial charge is 0.315 e. The van der Waals surface area contributed by atoms with Crippen LogP contribution in [0.2, 0.25) is 0 Å². The van der Waals surface area contributed by atoms with Gasteiger partial charge in [0, 0.05) is 12.6 Å². The number of aliphatic hydroxyl groups excluding tert-OH is 1. The molecule has 20 heavy (non-hydrogen) atoms. The van der Waals surface area contributed by atoms with Gasteiger partial charge in [-0.25, -0.2) is 9.78 Å². The van der Waals surface area contributed by atoms with E-state index < -0.39 is 6.10 Å². The summed E-state index contributed by atoms with van der Waals surface area (Å²) >= 11 is 1.51. The first-order chi connectivity index (χ1) is 9.65. The highest BCUT2D eigenvalue weighted by Crippen LogP contribution is 2.14. The number of nitrogens with zero attached hydrogens (tertiary/aromatic N) is 3. The number of hydrogen-bond donors (Lipinski definition) is 3. The molecule has 0 radical (unpaired) electrons. The number of carbonyl (C=O) groups excluding carboxylic acids is 1. The first-order valence-electron chi connectivity index (χ1n) is 6.22. The van der Waals surface area contributed by atoms with Crippen LogP contribution in [-0.2, 0) is 6.54 Å². The maximum Gasteiger partial charge on any atom is 0.315 e. The van der Waals surface area contributed by atoms with Gasteiger partial charge in [0.05, 0.1) is 12.6 Å². The molecule has 8 heteroatoms. The van der Waals surface area contributed by atoms with E-state index in [-0.39, 0.29) is 18.6 Å². The number of thiophene rings is 1. The third-order valence-electron chi connectivity index (χ3n) is 2.69. The maximum absolute atomic E-state index is 11.7. The van der Waals surface area contributed by atoms with Gasteiger partial charge in [-0.1, -0.05) is 0 Å². The number of rotatable bonds is 6. The van der Waals surface area contributed by atoms with Crippen molar-refractivity contribution in [3.05, 3.63) is 35.0 Å². The van der Waals surface area contributed by atoms with E-state index in [2.05, 4.69) is 20.7 Å². The van der Waals surface area contributed by atoms with Crippen LogP contribution in [0.4, 0.5) is 4.79 Å². The van der Waals surface area contributed by atoms with Crippen molar-refractivity contribution >= 4 is 17.4 Å². The molecule has 0 saturated carbocycles. The van der Waals surface area contributed by atoms with Crippen LogP contribution in [0.1, 0.15) is 18.6 Å². The molecule has 2 unspecified atom stereocenters. The predicted molar refractivity (Wildman–Crippen MR) is 75.3 cm³/mol. The van der Waals surface area contributed by atoms with Gasteiger partial charge in [-0.05, 0) is 29.3 Å². The van der Waals surface area contributed by atoms with Crippen molar-refractivity contribution < 1.29 is 9.90 Å². The zero-order chi connectivity index (χ0) is 14.4. The molecule has 0 aliphatic heterocycles. The third kappa shape index (κ3) is 4.32. The molecule has 2 heterocycles. The van der Waals surface area contributed by atoms with Crippen LogP contribution in [-0.4, -0.2) is 38.5 Å². The van der Waals surface area contributed by atoms with Gasteiger partial charge in [-0.15, -0.1) is 0 Å². The fraction of sp³-hybridized carbons (Fsp3) is 0.417. The molecule has 108 valence electrons. The van der Waals surface area contributed by atoms with E-state index in [9.17, 15) is 9.90 Å². The van der Waals surface area contributed by atoms with Crippen molar-refractivity contribution in [1.82, 2.24) is 25.4 Å². The van der Waals surface area contributed by atoms with Crippen molar-refractivity contribution in [3.8, 4) is 0 Å². The normalized spacial score (nSPS) is 13.7. The zero-order valence-electron chi connectivity index (χ0n) is 11.1. The molecule has 2 aromatic rings. The molecule has 0 fully saturated rings. The number of urea groups is 1. The van der Waals surface area contributed by atoms with Crippen LogP contribution in [0.3, 0.4) is 0 Å². The minimum atomic E-state index is -0.683. The lowest BCUT2D eigenvalue weighted by Crippen LogP contribution is -2.43. The summed E-state index contributed by atoms with van der Waals surface area (Å²) in [6.45, 7) is 2.59. The van der Waals surface area contributed by atoms with Crippen molar-refractivity contribution in [2.75, 3.05) is 6.54 Å². The minimum Gasteiger partial charge on any atom is -0.387 e. The minimum absolute atomic E-state index is 0.0880. The van der Waals surface area contributed by atoms with Gasteiger partial charge < -0.3 is 15.7 Å². The molecule has 0 aliphatic rings. The number of hydrogen-bond acceptors (Lipinski definition) is 5. The Morgan fingerprint density at radius 1 is 1.60 bits per heavy atom. The standard InChI is InChI=1S/C12H17N5O2S/c1-9(5-17-8-13-7-15-17)16-12(19)14-4-11(18)10-2-3-20-6-10/h2-3,6-9,11,18H,4-5H2,1H3,(H2,14,16,19). The monoisotopic (exact) mass is 295 g/mol. The molecule has 0 bridgehead atoms. The Bertz CT molecular complexity index is 514. The second-order valence-electron chi connectivity index (χ2n) is 4.45. The summed E-state index contributed by atoms with van der Waals surface area (Å²) in [5.74, 6) is 0. The highest BCUT2D eigenvalue weighted by Gasteiger charge is 2.11. The van der Waals surface area contributed by atoms with Crippen molar-refractivity contribution in [2.24, 2.45) is 0 Å². The lowest BCUT2D eigenvalue weighted by molar-refractivity contribution is 0.173. The second-order valence-corrected chi connectivity index (χ2v) is 5.23. The number of carbonyl (C=O) groups is 1. The Morgan fingerprint density at radius 2 is 2.45 bits per heavy atom. The van der Waals surface area contributed by atoms with E-state index in [1.165, 1.54) is 17.7 Å². The maximum atomic E-state index is 11.7. The quantitative estimate of drug-likeness (QED) is 0.733. The van der Waals surface area contributed by atoms with E-state index in [0.717, 1.165) is 5.56 Å². The van der Waals surface area contributed by atoms with Crippen LogP contribution >= 0.6 is 11.3 Å². The average molecular weight is 295 g/mol. The summed E-state index contributed by atoms with van der Waals surface area (Å²) < 4.78 is 1.64. The molecule has 0 aromatic carbocycles. The third-order valence-corrected chi connectivity index (χ3v) is 3.39. The van der Waals surface area contributed by atoms with Gasteiger partial charge in [-0.2, -0.15) is 16.4 Å². The summed E-state index contributed by atoms with van der Waals surface area (Å²) in [7, 11) is 0. The lowest BCUT2D eigenvalue weighted by atomic mass is 10.2. The first kappa shape index (κ1) is 14.5. The topological polar surface area (TPSA) is 92.1 Å². The Morgan fingerprint density at radius 3 is 3.10 bits per heavy atom. The van der Waals surface area contributed by atoms with Gasteiger partial charge in [0.1, 0.15) is 12.7 Å². The van der Waals surface area contributed by atoms with Crippen LogP contribution < -0.4 is 10.6 Å². The number of nitrogens with one attached hydrogen (secondary N) is 2. The molecule has 0 aliphatic carbocycles. The van der Waals surface area contributed by atoms with E-state index >= 15 is 0 Å². The van der Waals surface area contributed by atoms with Gasteiger partial charge in [-0.3, -0.25) is 4.68 Å². The molecule has 2 rings (SSSR count). The molecule has 0 spiro atoms. The molecule has 2 atom stereocenters. The van der Waals surface area contributed by atoms with Gasteiger partial charge in [0.2, 0.25) is 0 Å². The van der Waals surface area contributed by atoms with Crippen molar-refractivity contribution in [3.63, 3.8) is 0 Å². The summed E-state index contributed by atoms with van der Waals surface area (Å²) in [6.07, 6.45) is 2.36. The fourth-order valence-corrected chi connectivity index (χ4v) is 2.41. The second kappa shape index (κ2) is 7.01. The van der Waals surface area contributed by atoms with E-state index in [1.807, 2.05) is 23.8 Å². The van der Waals surface area contributed by atoms with E-state index in [0.29, 0.717) is 6.54 Å². The first-order valence-corrected chi connectivity index (χ1v) is 7.16. The number of aliphatic hydroxyl groups is 1. The number of amides is 2. The highest BCUT2D eigenvalue weighted by atomic mass is 32.1. The Kier molecular flexibility index (Phi) is 5.08. The summed E-state index contributed by atoms with van der Waals surface area (Å²) in [4.78, 5) is 15.5. The van der Waals surface area contributed by atoms with Crippen molar-refractivity contribution in [2.45, 2.75) is 25.6 Å². The fourth-order valence-electron chi connectivity index (χ4n) is 1.70. The molecular weight excluding hydrogens is 278 g/mol. The van der Waals surface area contributed by atoms with Gasteiger partial charge in [0.25, 0.3) is 0 Å². The SMILES string of the molecule is CC(Cn1cncn1)NC(=O)NCC(O)c1ccsc1. The van der Waals surface area contributed by atoms with Gasteiger partial charge in [0.15, 0.2) is 0 Å². The molecule has 7 nitrogen and oxygen atoms in total. The number of aromatic nitrogens is 3. The Balaban J connectivity index is 1.69. The Hall–Kier alpha value is -1.93. The summed E-state index contributed by atoms with van der Waals surface area (Å²) in [6, 6.07) is 1.43. The largest absolute Gasteiger partial charge is 0.387 e. The lowest BCUT2D eigenvalue weighted by Gasteiger charge is -2.16. The van der Waals surface area contributed by atoms with E-state index in [4.69, 9.17) is 0 Å². The summed E-state index contributed by atoms with van der Waals surface area (Å²) in [5.41, 5.74) is 0.811. The van der Waals surface area contributed by atoms with Gasteiger partial charge >= 0.3 is 6.03 Å². The average Bonchev–Trinajstić information content (AvgIpc) is 3.08. The Labute approximate surface area is 120 Å². The van der Waals surface area contributed by atoms with E-state index in [1.54, 1.807) is 11.0 Å². The van der Waals surface area contributed by atoms with Crippen molar-refractivity contribution in [1.29, 1.82) is 0 Å². The molecule has 2 amide bonds. The molecule has 3 N–H and O–H groups in total. The van der Waals surface area contributed by atoms with Crippen LogP contribution in [0.5, 0.6) is 0 Å². The van der Waals surface area contributed by atoms with Crippen LogP contribution in [0.25, 0.3) is 0 Å². The highest BCUT2D eigenvalue weighted by molar-refractivity contribution is 7.07. The summed E-state index contributed by atoms with van der Waals surface area (Å²) in [5, 5.41) is 23.0. The predicted octanol–water partition coefficient (Wildman–Crippen LogP) is 0.761. The molecule has 0 saturated heterocycles. The molecular formula is C12H17N5O2S.